The van der Waals surface area contributed by atoms with Gasteiger partial charge in [-0.1, -0.05) is 0 Å². The summed E-state index contributed by atoms with van der Waals surface area (Å²) < 4.78 is 21.9. The van der Waals surface area contributed by atoms with Gasteiger partial charge in [-0.05, 0) is 0 Å². The second kappa shape index (κ2) is 5.58. The van der Waals surface area contributed by atoms with Gasteiger partial charge in [0.05, 0.1) is 12.9 Å². The van der Waals surface area contributed by atoms with Crippen LogP contribution in [0.4, 0.5) is 5.82 Å². The third-order valence-electron chi connectivity index (χ3n) is 3.29. The maximum absolute atomic E-state index is 10.3. The highest BCUT2D eigenvalue weighted by atomic mass is 31.1. The number of aliphatic hydroxyl groups is 2. The zero-order valence-corrected chi connectivity index (χ0v) is 11.5. The third-order valence-corrected chi connectivity index (χ3v) is 3.54. The van der Waals surface area contributed by atoms with Crippen molar-refractivity contribution in [1.29, 1.82) is 0 Å². The van der Waals surface area contributed by atoms with E-state index in [9.17, 15) is 14.8 Å². The second-order valence-corrected chi connectivity index (χ2v) is 4.91. The lowest BCUT2D eigenvalue weighted by Gasteiger charge is -2.16. The monoisotopic (exact) mass is 313 g/mol. The molecule has 1 aliphatic heterocycles. The van der Waals surface area contributed by atoms with Crippen LogP contribution in [-0.2, 0) is 13.8 Å². The number of fused-ring (bicyclic) bond motifs is 1. The standard InChI is InChI=1S/C10H12N5O5P/c11-8-5-9(13-2-12-8)15(3-14-5)10-7(17)6(16)4(20-10)1-19-21-18/h2-4,6-7,10,16-17H,1H2,(H2,11,12,13)/t4-,6-,7-,10-/m1/s1. The number of rotatable bonds is 4. The molecule has 3 rings (SSSR count). The first kappa shape index (κ1) is 14.2. The fourth-order valence-electron chi connectivity index (χ4n) is 2.26. The van der Waals surface area contributed by atoms with Gasteiger partial charge in [0.15, 0.2) is 17.7 Å². The van der Waals surface area contributed by atoms with Crippen LogP contribution in [0.3, 0.4) is 0 Å². The molecule has 0 amide bonds. The summed E-state index contributed by atoms with van der Waals surface area (Å²) >= 11 is 0. The SMILES string of the molecule is Nc1ncnc2c1ncn2[C@@H]1O[C@H](COP=O)[C@@H](O)[C@H]1O. The van der Waals surface area contributed by atoms with Gasteiger partial charge in [0.1, 0.15) is 30.2 Å². The van der Waals surface area contributed by atoms with Gasteiger partial charge < -0.3 is 20.7 Å². The van der Waals surface area contributed by atoms with Crippen LogP contribution < -0.4 is 5.73 Å². The Morgan fingerprint density at radius 3 is 2.95 bits per heavy atom. The molecular formula is C10H12N5O5P. The van der Waals surface area contributed by atoms with E-state index < -0.39 is 33.2 Å². The minimum Gasteiger partial charge on any atom is -0.387 e. The molecule has 0 bridgehead atoms. The van der Waals surface area contributed by atoms with Crippen LogP contribution in [0.5, 0.6) is 0 Å². The van der Waals surface area contributed by atoms with E-state index in [1.807, 2.05) is 0 Å². The van der Waals surface area contributed by atoms with Crippen LogP contribution in [0, 0.1) is 0 Å². The first-order chi connectivity index (χ1) is 10.1. The Hall–Kier alpha value is -1.71. The summed E-state index contributed by atoms with van der Waals surface area (Å²) in [4.78, 5) is 11.9. The number of anilines is 1. The van der Waals surface area contributed by atoms with Gasteiger partial charge in [0.25, 0.3) is 0 Å². The number of nitrogens with zero attached hydrogens (tertiary/aromatic N) is 4. The topological polar surface area (TPSA) is 146 Å². The molecular weight excluding hydrogens is 301 g/mol. The van der Waals surface area contributed by atoms with Gasteiger partial charge in [-0.2, -0.15) is 0 Å². The lowest BCUT2D eigenvalue weighted by molar-refractivity contribution is -0.0461. The number of aromatic nitrogens is 4. The maximum atomic E-state index is 10.3. The molecule has 2 aromatic rings. The number of nitrogen functional groups attached to an aromatic ring is 1. The van der Waals surface area contributed by atoms with Gasteiger partial charge in [-0.3, -0.25) is 9.09 Å². The Kier molecular flexibility index (Phi) is 3.79. The van der Waals surface area contributed by atoms with E-state index >= 15 is 0 Å². The van der Waals surface area contributed by atoms with Crippen molar-refractivity contribution in [2.75, 3.05) is 12.3 Å². The minimum absolute atomic E-state index is 0.121. The van der Waals surface area contributed by atoms with Gasteiger partial charge in [-0.15, -0.1) is 0 Å². The van der Waals surface area contributed by atoms with E-state index in [-0.39, 0.29) is 12.4 Å². The fourth-order valence-corrected chi connectivity index (χ4v) is 2.46. The summed E-state index contributed by atoms with van der Waals surface area (Å²) in [5, 5.41) is 20.0. The molecule has 0 unspecified atom stereocenters. The summed E-state index contributed by atoms with van der Waals surface area (Å²) in [6.07, 6.45) is -1.46. The summed E-state index contributed by atoms with van der Waals surface area (Å²) in [7, 11) is -0.525. The van der Waals surface area contributed by atoms with Crippen molar-refractivity contribution < 1.29 is 24.0 Å². The zero-order valence-electron chi connectivity index (χ0n) is 10.6. The first-order valence-corrected chi connectivity index (χ1v) is 6.75. The molecule has 0 spiro atoms. The number of hydrogen-bond donors (Lipinski definition) is 3. The van der Waals surface area contributed by atoms with Crippen LogP contribution in [0.1, 0.15) is 6.23 Å². The molecule has 2 aromatic heterocycles. The summed E-state index contributed by atoms with van der Waals surface area (Å²) in [6, 6.07) is 0. The second-order valence-electron chi connectivity index (χ2n) is 4.50. The normalized spacial score (nSPS) is 29.4. The van der Waals surface area contributed by atoms with Crippen LogP contribution in [0.2, 0.25) is 0 Å². The number of aliphatic hydroxyl groups excluding tert-OH is 2. The molecule has 1 saturated heterocycles. The number of nitrogens with two attached hydrogens (primary N) is 1. The minimum atomic E-state index is -1.21. The fraction of sp³-hybridized carbons (Fsp3) is 0.500. The van der Waals surface area contributed by atoms with Crippen molar-refractivity contribution in [2.24, 2.45) is 0 Å². The van der Waals surface area contributed by atoms with E-state index in [1.165, 1.54) is 17.2 Å². The van der Waals surface area contributed by atoms with Crippen LogP contribution >= 0.6 is 8.69 Å². The summed E-state index contributed by atoms with van der Waals surface area (Å²) in [6.45, 7) is -0.121. The molecule has 1 fully saturated rings. The first-order valence-electron chi connectivity index (χ1n) is 6.02. The molecule has 0 radical (unpaired) electrons. The summed E-state index contributed by atoms with van der Waals surface area (Å²) in [5.41, 5.74) is 6.44. The van der Waals surface area contributed by atoms with Crippen molar-refractivity contribution >= 4 is 25.7 Å². The zero-order chi connectivity index (χ0) is 15.0. The largest absolute Gasteiger partial charge is 0.387 e. The van der Waals surface area contributed by atoms with Crippen molar-refractivity contribution in [3.05, 3.63) is 12.7 Å². The molecule has 4 atom stereocenters. The molecule has 1 aliphatic rings. The molecule has 3 heterocycles. The number of imidazole rings is 1. The van der Waals surface area contributed by atoms with E-state index in [1.54, 1.807) is 0 Å². The molecule has 10 nitrogen and oxygen atoms in total. The molecule has 21 heavy (non-hydrogen) atoms. The van der Waals surface area contributed by atoms with Crippen molar-refractivity contribution in [1.82, 2.24) is 19.5 Å². The van der Waals surface area contributed by atoms with Crippen molar-refractivity contribution in [3.8, 4) is 0 Å². The molecule has 0 saturated carbocycles. The molecule has 0 aromatic carbocycles. The van der Waals surface area contributed by atoms with E-state index in [0.29, 0.717) is 11.2 Å². The Labute approximate surface area is 119 Å². The lowest BCUT2D eigenvalue weighted by atomic mass is 10.1. The number of hydrogen-bond acceptors (Lipinski definition) is 9. The third kappa shape index (κ3) is 2.37. The van der Waals surface area contributed by atoms with Crippen molar-refractivity contribution in [2.45, 2.75) is 24.5 Å². The van der Waals surface area contributed by atoms with Gasteiger partial charge >= 0.3 is 8.69 Å². The predicted octanol–water partition coefficient (Wildman–Crippen LogP) is -0.749. The van der Waals surface area contributed by atoms with E-state index in [0.717, 1.165) is 0 Å². The average molecular weight is 313 g/mol. The van der Waals surface area contributed by atoms with Crippen LogP contribution in [0.25, 0.3) is 11.2 Å². The molecule has 0 aliphatic carbocycles. The van der Waals surface area contributed by atoms with Crippen molar-refractivity contribution in [3.63, 3.8) is 0 Å². The average Bonchev–Trinajstić information content (AvgIpc) is 3.02. The van der Waals surface area contributed by atoms with Gasteiger partial charge in [0, 0.05) is 0 Å². The van der Waals surface area contributed by atoms with Crippen LogP contribution in [-0.4, -0.2) is 54.7 Å². The quantitative estimate of drug-likeness (QED) is 0.620. The Morgan fingerprint density at radius 1 is 1.38 bits per heavy atom. The predicted molar refractivity (Wildman–Crippen MR) is 69.2 cm³/mol. The Morgan fingerprint density at radius 2 is 2.19 bits per heavy atom. The highest BCUT2D eigenvalue weighted by molar-refractivity contribution is 7.17. The molecule has 11 heteroatoms. The Balaban J connectivity index is 1.92. The molecule has 112 valence electrons. The van der Waals surface area contributed by atoms with E-state index in [4.69, 9.17) is 10.5 Å². The van der Waals surface area contributed by atoms with Gasteiger partial charge in [0.2, 0.25) is 0 Å². The molecule has 4 N–H and O–H groups in total. The lowest BCUT2D eigenvalue weighted by Crippen LogP contribution is -2.33. The summed E-state index contributed by atoms with van der Waals surface area (Å²) in [5.74, 6) is 0.205. The Bertz CT molecular complexity index is 666. The van der Waals surface area contributed by atoms with Gasteiger partial charge in [-0.25, -0.2) is 19.5 Å². The maximum Gasteiger partial charge on any atom is 0.327 e. The highest BCUT2D eigenvalue weighted by Gasteiger charge is 2.44. The smallest absolute Gasteiger partial charge is 0.327 e. The highest BCUT2D eigenvalue weighted by Crippen LogP contribution is 2.32. The number of ether oxygens (including phenoxy) is 1. The van der Waals surface area contributed by atoms with Crippen LogP contribution in [0.15, 0.2) is 12.7 Å². The van der Waals surface area contributed by atoms with E-state index in [2.05, 4.69) is 19.5 Å².